The molecule has 8 heteroatoms. The molecule has 3 aromatic heterocycles. The van der Waals surface area contributed by atoms with Crippen LogP contribution in [-0.4, -0.2) is 44.0 Å². The Bertz CT molecular complexity index is 1210. The van der Waals surface area contributed by atoms with E-state index in [0.29, 0.717) is 29.3 Å². The molecule has 0 saturated carbocycles. The van der Waals surface area contributed by atoms with Gasteiger partial charge in [-0.25, -0.2) is 24.0 Å². The van der Waals surface area contributed by atoms with Gasteiger partial charge in [-0.15, -0.1) is 0 Å². The first-order valence-corrected chi connectivity index (χ1v) is 10.8. The van der Waals surface area contributed by atoms with Crippen LogP contribution in [0.5, 0.6) is 0 Å². The number of pyridine rings is 1. The minimum atomic E-state index is -0.270. The van der Waals surface area contributed by atoms with Gasteiger partial charge in [0.15, 0.2) is 11.5 Å². The van der Waals surface area contributed by atoms with Gasteiger partial charge in [0, 0.05) is 36.7 Å². The molecule has 0 aliphatic carbocycles. The first-order valence-electron chi connectivity index (χ1n) is 10.8. The molecule has 0 aliphatic heterocycles. The molecule has 0 radical (unpaired) electrons. The summed E-state index contributed by atoms with van der Waals surface area (Å²) in [5, 5.41) is 8.89. The van der Waals surface area contributed by atoms with Gasteiger partial charge in [0.05, 0.1) is 18.0 Å². The number of rotatable bonds is 9. The Morgan fingerprint density at radius 1 is 1.12 bits per heavy atom. The van der Waals surface area contributed by atoms with Gasteiger partial charge in [-0.1, -0.05) is 18.2 Å². The number of nitrogens with zero attached hydrogens (tertiary/aromatic N) is 5. The summed E-state index contributed by atoms with van der Waals surface area (Å²) in [6.07, 6.45) is 2.81. The first kappa shape index (κ1) is 21.8. The van der Waals surface area contributed by atoms with Crippen molar-refractivity contribution in [2.45, 2.75) is 39.8 Å². The Morgan fingerprint density at radius 3 is 2.78 bits per heavy atom. The molecule has 32 heavy (non-hydrogen) atoms. The summed E-state index contributed by atoms with van der Waals surface area (Å²) < 4.78 is 21.5. The van der Waals surface area contributed by atoms with Crippen LogP contribution in [0.2, 0.25) is 0 Å². The number of hydrogen-bond donors (Lipinski definition) is 1. The topological polar surface area (TPSA) is 77.8 Å². The normalized spacial score (nSPS) is 11.4. The lowest BCUT2D eigenvalue weighted by Gasteiger charge is -2.09. The van der Waals surface area contributed by atoms with Crippen molar-refractivity contribution in [3.05, 3.63) is 65.7 Å². The fourth-order valence-electron chi connectivity index (χ4n) is 3.45. The van der Waals surface area contributed by atoms with Crippen LogP contribution < -0.4 is 5.32 Å². The van der Waals surface area contributed by atoms with E-state index in [1.807, 2.05) is 45.0 Å². The number of fused-ring (bicyclic) bond motifs is 1. The first-order chi connectivity index (χ1) is 15.5. The second-order valence-electron chi connectivity index (χ2n) is 7.89. The molecule has 0 fully saturated rings. The van der Waals surface area contributed by atoms with Gasteiger partial charge in [0.25, 0.3) is 0 Å². The Hall–Kier alpha value is -3.39. The van der Waals surface area contributed by atoms with E-state index in [-0.39, 0.29) is 18.5 Å². The maximum atomic E-state index is 14.2. The van der Waals surface area contributed by atoms with Crippen molar-refractivity contribution in [1.82, 2.24) is 24.7 Å². The Balaban J connectivity index is 1.62. The molecular formula is C24H27FN6O. The molecule has 1 N–H and O–H groups in total. The number of ether oxygens (including phenoxy) is 1. The van der Waals surface area contributed by atoms with Crippen LogP contribution >= 0.6 is 0 Å². The fraction of sp³-hybridized carbons (Fsp3) is 0.333. The van der Waals surface area contributed by atoms with Crippen molar-refractivity contribution in [3.8, 4) is 11.5 Å². The monoisotopic (exact) mass is 434 g/mol. The Labute approximate surface area is 186 Å². The summed E-state index contributed by atoms with van der Waals surface area (Å²) in [4.78, 5) is 13.8. The highest BCUT2D eigenvalue weighted by Crippen LogP contribution is 2.26. The zero-order valence-electron chi connectivity index (χ0n) is 18.5. The highest BCUT2D eigenvalue weighted by Gasteiger charge is 2.17. The highest BCUT2D eigenvalue weighted by molar-refractivity contribution is 5.89. The van der Waals surface area contributed by atoms with E-state index in [4.69, 9.17) is 9.84 Å². The zero-order chi connectivity index (χ0) is 22.5. The molecule has 3 heterocycles. The molecule has 0 atom stereocenters. The summed E-state index contributed by atoms with van der Waals surface area (Å²) in [6, 6.07) is 12.4. The summed E-state index contributed by atoms with van der Waals surface area (Å²) in [6.45, 7) is 7.68. The van der Waals surface area contributed by atoms with E-state index in [0.717, 1.165) is 29.9 Å². The van der Waals surface area contributed by atoms with E-state index in [2.05, 4.69) is 20.3 Å². The van der Waals surface area contributed by atoms with Crippen LogP contribution in [0.3, 0.4) is 0 Å². The average molecular weight is 435 g/mol. The van der Waals surface area contributed by atoms with Crippen molar-refractivity contribution in [1.29, 1.82) is 0 Å². The highest BCUT2D eigenvalue weighted by atomic mass is 19.1. The van der Waals surface area contributed by atoms with Crippen molar-refractivity contribution in [2.24, 2.45) is 0 Å². The maximum Gasteiger partial charge on any atom is 0.183 e. The third-order valence-electron chi connectivity index (χ3n) is 4.93. The molecule has 0 bridgehead atoms. The van der Waals surface area contributed by atoms with Gasteiger partial charge in [-0.2, -0.15) is 5.10 Å². The molecule has 7 nitrogen and oxygen atoms in total. The molecule has 0 aliphatic rings. The number of benzene rings is 1. The van der Waals surface area contributed by atoms with Crippen molar-refractivity contribution in [3.63, 3.8) is 0 Å². The molecule has 0 spiro atoms. The Kier molecular flexibility index (Phi) is 6.70. The van der Waals surface area contributed by atoms with Crippen LogP contribution in [-0.2, 0) is 11.3 Å². The molecule has 0 unspecified atom stereocenters. The standard InChI is InChI=1S/C24H27FN6O/c1-16(2)32-13-7-12-26-21-14-17(3)28-23(29-21)22-19-9-6-11-27-24(19)31(30-22)15-18-8-4-5-10-20(18)25/h4-6,8-11,14,16H,7,12-13,15H2,1-3H3,(H,26,28,29). The zero-order valence-corrected chi connectivity index (χ0v) is 18.5. The predicted octanol–water partition coefficient (Wildman–Crippen LogP) is 4.61. The maximum absolute atomic E-state index is 14.2. The van der Waals surface area contributed by atoms with Gasteiger partial charge in [-0.3, -0.25) is 0 Å². The van der Waals surface area contributed by atoms with Crippen molar-refractivity contribution >= 4 is 16.9 Å². The fourth-order valence-corrected chi connectivity index (χ4v) is 3.45. The van der Waals surface area contributed by atoms with Gasteiger partial charge in [0.2, 0.25) is 0 Å². The number of hydrogen-bond acceptors (Lipinski definition) is 6. The van der Waals surface area contributed by atoms with Crippen LogP contribution in [0.4, 0.5) is 10.2 Å². The Morgan fingerprint density at radius 2 is 1.97 bits per heavy atom. The summed E-state index contributed by atoms with van der Waals surface area (Å²) in [5.74, 6) is 0.974. The van der Waals surface area contributed by atoms with E-state index in [1.54, 1.807) is 23.0 Å². The summed E-state index contributed by atoms with van der Waals surface area (Å²) in [5.41, 5.74) is 2.66. The molecule has 0 amide bonds. The van der Waals surface area contributed by atoms with Crippen LogP contribution in [0.1, 0.15) is 31.5 Å². The third-order valence-corrected chi connectivity index (χ3v) is 4.93. The van der Waals surface area contributed by atoms with E-state index in [1.165, 1.54) is 6.07 Å². The second-order valence-corrected chi connectivity index (χ2v) is 7.89. The lowest BCUT2D eigenvalue weighted by Crippen LogP contribution is -2.10. The van der Waals surface area contributed by atoms with E-state index < -0.39 is 0 Å². The second kappa shape index (κ2) is 9.82. The lowest BCUT2D eigenvalue weighted by molar-refractivity contribution is 0.0787. The average Bonchev–Trinajstić information content (AvgIpc) is 3.13. The summed E-state index contributed by atoms with van der Waals surface area (Å²) in [7, 11) is 0. The van der Waals surface area contributed by atoms with E-state index in [9.17, 15) is 4.39 Å². The largest absolute Gasteiger partial charge is 0.379 e. The van der Waals surface area contributed by atoms with Crippen LogP contribution in [0.25, 0.3) is 22.6 Å². The van der Waals surface area contributed by atoms with Gasteiger partial charge < -0.3 is 10.1 Å². The number of aryl methyl sites for hydroxylation is 1. The molecule has 166 valence electrons. The molecular weight excluding hydrogens is 407 g/mol. The van der Waals surface area contributed by atoms with Gasteiger partial charge in [0.1, 0.15) is 17.3 Å². The van der Waals surface area contributed by atoms with Crippen molar-refractivity contribution < 1.29 is 9.13 Å². The van der Waals surface area contributed by atoms with E-state index >= 15 is 0 Å². The smallest absolute Gasteiger partial charge is 0.183 e. The van der Waals surface area contributed by atoms with Crippen molar-refractivity contribution in [2.75, 3.05) is 18.5 Å². The predicted molar refractivity (Wildman–Crippen MR) is 123 cm³/mol. The molecule has 4 aromatic rings. The van der Waals surface area contributed by atoms with Gasteiger partial charge >= 0.3 is 0 Å². The summed E-state index contributed by atoms with van der Waals surface area (Å²) >= 11 is 0. The SMILES string of the molecule is Cc1cc(NCCCOC(C)C)nc(-c2nn(Cc3ccccc3F)c3ncccc23)n1. The van der Waals surface area contributed by atoms with Gasteiger partial charge in [-0.05, 0) is 45.4 Å². The molecule has 0 saturated heterocycles. The third kappa shape index (κ3) is 5.08. The van der Waals surface area contributed by atoms with Crippen LogP contribution in [0.15, 0.2) is 48.7 Å². The molecule has 1 aromatic carbocycles. The number of halogens is 1. The minimum absolute atomic E-state index is 0.226. The number of anilines is 1. The lowest BCUT2D eigenvalue weighted by atomic mass is 10.2. The number of aromatic nitrogens is 5. The number of nitrogens with one attached hydrogen (secondary N) is 1. The molecule has 4 rings (SSSR count). The minimum Gasteiger partial charge on any atom is -0.379 e. The quantitative estimate of drug-likeness (QED) is 0.388. The van der Waals surface area contributed by atoms with Crippen LogP contribution in [0, 0.1) is 12.7 Å².